The molecule has 154 valence electrons. The minimum Gasteiger partial charge on any atom is -0.376 e. The molecule has 0 radical (unpaired) electrons. The van der Waals surface area contributed by atoms with Crippen LogP contribution < -0.4 is 10.2 Å². The van der Waals surface area contributed by atoms with Crippen LogP contribution in [0.15, 0.2) is 53.4 Å². The van der Waals surface area contributed by atoms with E-state index in [1.165, 1.54) is 5.56 Å². The smallest absolute Gasteiger partial charge is 0.246 e. The second kappa shape index (κ2) is 8.55. The number of hydrogen-bond acceptors (Lipinski definition) is 4. The molecule has 4 rings (SSSR count). The number of hydrogen-bond donors (Lipinski definition) is 1. The van der Waals surface area contributed by atoms with Crippen molar-refractivity contribution in [1.82, 2.24) is 4.31 Å². The van der Waals surface area contributed by atoms with Gasteiger partial charge in [0.15, 0.2) is 0 Å². The first kappa shape index (κ1) is 19.9. The summed E-state index contributed by atoms with van der Waals surface area (Å²) in [5, 5.41) is 3.11. The summed E-state index contributed by atoms with van der Waals surface area (Å²) >= 11 is 0. The van der Waals surface area contributed by atoms with Crippen LogP contribution in [0.25, 0.3) is 0 Å². The summed E-state index contributed by atoms with van der Waals surface area (Å²) in [5.41, 5.74) is 2.80. The second-order valence-electron chi connectivity index (χ2n) is 7.62. The minimum atomic E-state index is -3.50. The number of anilines is 2. The predicted molar refractivity (Wildman–Crippen MR) is 115 cm³/mol. The third-order valence-corrected chi connectivity index (χ3v) is 7.56. The number of carbonyl (C=O) groups excluding carboxylic acids is 1. The monoisotopic (exact) mass is 413 g/mol. The zero-order valence-electron chi connectivity index (χ0n) is 16.5. The van der Waals surface area contributed by atoms with Gasteiger partial charge in [-0.15, -0.1) is 0 Å². The summed E-state index contributed by atoms with van der Waals surface area (Å²) < 4.78 is 27.6. The van der Waals surface area contributed by atoms with E-state index in [0.717, 1.165) is 37.8 Å². The predicted octanol–water partition coefficient (Wildman–Crippen LogP) is 3.25. The molecule has 2 aliphatic heterocycles. The lowest BCUT2D eigenvalue weighted by Crippen LogP contribution is -2.34. The van der Waals surface area contributed by atoms with Gasteiger partial charge in [-0.05, 0) is 49.1 Å². The normalized spacial score (nSPS) is 17.6. The van der Waals surface area contributed by atoms with Crippen LogP contribution in [0.1, 0.15) is 31.2 Å². The molecule has 2 aromatic carbocycles. The van der Waals surface area contributed by atoms with E-state index < -0.39 is 10.0 Å². The van der Waals surface area contributed by atoms with E-state index in [0.29, 0.717) is 25.3 Å². The van der Waals surface area contributed by atoms with Gasteiger partial charge in [0.2, 0.25) is 15.9 Å². The number of carbonyl (C=O) groups is 1. The van der Waals surface area contributed by atoms with Gasteiger partial charge in [0.25, 0.3) is 0 Å². The molecule has 0 saturated carbocycles. The molecule has 0 spiro atoms. The highest BCUT2D eigenvalue weighted by Crippen LogP contribution is 2.27. The highest BCUT2D eigenvalue weighted by atomic mass is 32.2. The van der Waals surface area contributed by atoms with Crippen molar-refractivity contribution >= 4 is 27.3 Å². The highest BCUT2D eigenvalue weighted by molar-refractivity contribution is 7.89. The number of para-hydroxylation sites is 1. The van der Waals surface area contributed by atoms with Crippen LogP contribution in [0.4, 0.5) is 11.4 Å². The number of nitrogens with zero attached hydrogens (tertiary/aromatic N) is 2. The van der Waals surface area contributed by atoms with E-state index in [4.69, 9.17) is 0 Å². The Hall–Kier alpha value is -2.38. The van der Waals surface area contributed by atoms with Gasteiger partial charge in [-0.2, -0.15) is 4.31 Å². The zero-order valence-corrected chi connectivity index (χ0v) is 17.3. The summed E-state index contributed by atoms with van der Waals surface area (Å²) in [4.78, 5) is 14.8. The minimum absolute atomic E-state index is 0.0178. The Morgan fingerprint density at radius 3 is 2.48 bits per heavy atom. The van der Waals surface area contributed by atoms with Gasteiger partial charge in [-0.3, -0.25) is 4.79 Å². The molecular weight excluding hydrogens is 386 g/mol. The van der Waals surface area contributed by atoms with E-state index in [1.807, 2.05) is 24.3 Å². The molecule has 2 heterocycles. The molecular formula is C22H27N3O3S. The standard InChI is InChI=1S/C22H27N3O3S/c26-22(25-15-12-18-8-3-4-11-21(18)25)17-23-19-9-7-10-20(16-19)29(27,28)24-13-5-1-2-6-14-24/h3-4,7-11,16,23H,1-2,5-6,12-15,17H2. The van der Waals surface area contributed by atoms with Crippen LogP contribution in [0.3, 0.4) is 0 Å². The quantitative estimate of drug-likeness (QED) is 0.817. The lowest BCUT2D eigenvalue weighted by atomic mass is 10.2. The van der Waals surface area contributed by atoms with E-state index in [9.17, 15) is 13.2 Å². The summed E-state index contributed by atoms with van der Waals surface area (Å²) in [6.07, 6.45) is 4.84. The van der Waals surface area contributed by atoms with Crippen LogP contribution in [-0.2, 0) is 21.2 Å². The average Bonchev–Trinajstić information content (AvgIpc) is 2.97. The molecule has 1 saturated heterocycles. The SMILES string of the molecule is O=C(CNc1cccc(S(=O)(=O)N2CCCCCC2)c1)N1CCc2ccccc21. The maximum absolute atomic E-state index is 13.0. The van der Waals surface area contributed by atoms with Crippen molar-refractivity contribution in [1.29, 1.82) is 0 Å². The summed E-state index contributed by atoms with van der Waals surface area (Å²) in [7, 11) is -3.50. The van der Waals surface area contributed by atoms with E-state index in [1.54, 1.807) is 33.5 Å². The van der Waals surface area contributed by atoms with Crippen LogP contribution >= 0.6 is 0 Å². The van der Waals surface area contributed by atoms with Crippen LogP contribution in [0.5, 0.6) is 0 Å². The van der Waals surface area contributed by atoms with Gasteiger partial charge >= 0.3 is 0 Å². The fourth-order valence-corrected chi connectivity index (χ4v) is 5.63. The van der Waals surface area contributed by atoms with Crippen LogP contribution in [0.2, 0.25) is 0 Å². The fraction of sp³-hybridized carbons (Fsp3) is 0.409. The summed E-state index contributed by atoms with van der Waals surface area (Å²) in [5.74, 6) is -0.0178. The van der Waals surface area contributed by atoms with E-state index >= 15 is 0 Å². The first-order valence-corrected chi connectivity index (χ1v) is 11.7. The fourth-order valence-electron chi connectivity index (χ4n) is 4.07. The molecule has 0 unspecified atom stereocenters. The third-order valence-electron chi connectivity index (χ3n) is 5.67. The van der Waals surface area contributed by atoms with E-state index in [2.05, 4.69) is 5.32 Å². The second-order valence-corrected chi connectivity index (χ2v) is 9.56. The van der Waals surface area contributed by atoms with Crippen molar-refractivity contribution in [3.8, 4) is 0 Å². The number of nitrogens with one attached hydrogen (secondary N) is 1. The molecule has 0 atom stereocenters. The van der Waals surface area contributed by atoms with Crippen molar-refractivity contribution in [3.63, 3.8) is 0 Å². The van der Waals surface area contributed by atoms with Crippen molar-refractivity contribution in [3.05, 3.63) is 54.1 Å². The lowest BCUT2D eigenvalue weighted by molar-refractivity contribution is -0.116. The zero-order chi connectivity index (χ0) is 20.3. The number of amides is 1. The molecule has 0 aromatic heterocycles. The van der Waals surface area contributed by atoms with Crippen molar-refractivity contribution in [2.45, 2.75) is 37.0 Å². The Morgan fingerprint density at radius 1 is 0.931 bits per heavy atom. The molecule has 2 aliphatic rings. The molecule has 29 heavy (non-hydrogen) atoms. The first-order chi connectivity index (χ1) is 14.1. The van der Waals surface area contributed by atoms with Gasteiger partial charge in [-0.1, -0.05) is 37.1 Å². The molecule has 6 nitrogen and oxygen atoms in total. The Labute approximate surface area is 172 Å². The average molecular weight is 414 g/mol. The highest BCUT2D eigenvalue weighted by Gasteiger charge is 2.26. The number of sulfonamides is 1. The maximum Gasteiger partial charge on any atom is 0.246 e. The number of benzene rings is 2. The third kappa shape index (κ3) is 4.31. The van der Waals surface area contributed by atoms with Crippen molar-refractivity contribution in [2.75, 3.05) is 36.4 Å². The first-order valence-electron chi connectivity index (χ1n) is 10.3. The van der Waals surface area contributed by atoms with Gasteiger partial charge in [-0.25, -0.2) is 8.42 Å². The number of rotatable bonds is 5. The molecule has 2 aromatic rings. The summed E-state index contributed by atoms with van der Waals surface area (Å²) in [6.45, 7) is 1.96. The van der Waals surface area contributed by atoms with Gasteiger partial charge in [0.05, 0.1) is 11.4 Å². The Kier molecular flexibility index (Phi) is 5.87. The Balaban J connectivity index is 1.43. The van der Waals surface area contributed by atoms with E-state index in [-0.39, 0.29) is 17.3 Å². The van der Waals surface area contributed by atoms with Crippen molar-refractivity contribution in [2.24, 2.45) is 0 Å². The Bertz CT molecular complexity index is 982. The number of fused-ring (bicyclic) bond motifs is 1. The van der Waals surface area contributed by atoms with Crippen LogP contribution in [-0.4, -0.2) is 44.8 Å². The Morgan fingerprint density at radius 2 is 1.69 bits per heavy atom. The molecule has 0 aliphatic carbocycles. The van der Waals surface area contributed by atoms with Gasteiger partial charge in [0, 0.05) is 31.0 Å². The maximum atomic E-state index is 13.0. The van der Waals surface area contributed by atoms with Gasteiger partial charge < -0.3 is 10.2 Å². The molecule has 1 N–H and O–H groups in total. The van der Waals surface area contributed by atoms with Crippen molar-refractivity contribution < 1.29 is 13.2 Å². The van der Waals surface area contributed by atoms with Crippen LogP contribution in [0, 0.1) is 0 Å². The molecule has 1 fully saturated rings. The molecule has 7 heteroatoms. The largest absolute Gasteiger partial charge is 0.376 e. The topological polar surface area (TPSA) is 69.7 Å². The van der Waals surface area contributed by atoms with Gasteiger partial charge in [0.1, 0.15) is 0 Å². The lowest BCUT2D eigenvalue weighted by Gasteiger charge is -2.21. The molecule has 1 amide bonds. The molecule has 0 bridgehead atoms. The summed E-state index contributed by atoms with van der Waals surface area (Å²) in [6, 6.07) is 14.7.